The Balaban J connectivity index is -0.000000124. The number of benzene rings is 4. The van der Waals surface area contributed by atoms with Crippen molar-refractivity contribution >= 4 is 21.7 Å². The Hall–Kier alpha value is -4.88. The fourth-order valence-electron chi connectivity index (χ4n) is 2.69. The Bertz CT molecular complexity index is 1520. The molecule has 302 valence electrons. The molecule has 4 aromatic carbocycles. The van der Waals surface area contributed by atoms with E-state index >= 15 is 0 Å². The molecule has 0 aliphatic heterocycles. The molecule has 0 aliphatic rings. The van der Waals surface area contributed by atoms with Gasteiger partial charge in [0.1, 0.15) is 23.0 Å². The molecule has 0 aliphatic carbocycles. The first kappa shape index (κ1) is 60.2. The van der Waals surface area contributed by atoms with Crippen molar-refractivity contribution in [1.29, 1.82) is 0 Å². The normalized spacial score (nSPS) is 8.68. The third-order valence-electron chi connectivity index (χ3n) is 4.80. The molecule has 9 nitrogen and oxygen atoms in total. The smallest absolute Gasteiger partial charge is 0.508 e. The number of halogens is 3. The third-order valence-corrected chi connectivity index (χ3v) is 5.38. The van der Waals surface area contributed by atoms with Gasteiger partial charge in [-0.1, -0.05) is 123 Å². The second-order valence-corrected chi connectivity index (χ2v) is 9.52. The largest absolute Gasteiger partial charge is 0.522 e. The maximum atomic E-state index is 10.9. The first-order valence-electron chi connectivity index (χ1n) is 16.3. The zero-order valence-electron chi connectivity index (χ0n) is 32.2. The van der Waals surface area contributed by atoms with E-state index in [0.717, 1.165) is 5.75 Å². The molecule has 4 rings (SSSR count). The number of methoxy groups -OCH3 is 2. The van der Waals surface area contributed by atoms with Crippen molar-refractivity contribution in [3.05, 3.63) is 120 Å². The minimum atomic E-state index is -5.84. The van der Waals surface area contributed by atoms with Gasteiger partial charge >= 0.3 is 15.6 Å². The van der Waals surface area contributed by atoms with E-state index in [1.54, 1.807) is 68.8 Å². The zero-order valence-corrected chi connectivity index (χ0v) is 33.0. The molecular formula is C40H61F3O9S. The lowest BCUT2D eigenvalue weighted by molar-refractivity contribution is -0.0510. The van der Waals surface area contributed by atoms with E-state index in [9.17, 15) is 22.8 Å². The summed E-state index contributed by atoms with van der Waals surface area (Å²) in [6, 6.07) is 32.1. The monoisotopic (exact) mass is 774 g/mol. The molecule has 0 spiro atoms. The SMILES string of the molecule is C.CC.CC.CC.CC.CC(=O)c1ccccc1O.COc1ccccc1.COc1ccccc1C(C)=O.O=S(=O)(O)C(F)(F)F.Oc1ccccc1. The van der Waals surface area contributed by atoms with Crippen LogP contribution in [0.1, 0.15) is 97.4 Å². The van der Waals surface area contributed by atoms with Gasteiger partial charge < -0.3 is 19.7 Å². The van der Waals surface area contributed by atoms with Gasteiger partial charge in [-0.25, -0.2) is 0 Å². The number of alkyl halides is 3. The molecule has 0 fully saturated rings. The average Bonchev–Trinajstić information content (AvgIpc) is 3.16. The fraction of sp³-hybridized carbons (Fsp3) is 0.350. The van der Waals surface area contributed by atoms with E-state index in [4.69, 9.17) is 32.7 Å². The number of Topliss-reactive ketones (excluding diaryl/α,β-unsaturated/α-hetero) is 2. The van der Waals surface area contributed by atoms with Gasteiger partial charge in [0.15, 0.2) is 11.6 Å². The van der Waals surface area contributed by atoms with Gasteiger partial charge in [0.05, 0.1) is 25.3 Å². The number of aromatic hydroxyl groups is 2. The van der Waals surface area contributed by atoms with Crippen LogP contribution in [-0.4, -0.2) is 54.5 Å². The highest BCUT2D eigenvalue weighted by atomic mass is 32.2. The lowest BCUT2D eigenvalue weighted by atomic mass is 10.1. The van der Waals surface area contributed by atoms with Crippen molar-refractivity contribution < 1.29 is 55.4 Å². The number of rotatable bonds is 4. The minimum absolute atomic E-state index is 0. The summed E-state index contributed by atoms with van der Waals surface area (Å²) >= 11 is 0. The van der Waals surface area contributed by atoms with Crippen LogP contribution < -0.4 is 9.47 Å². The number of ketones is 2. The number of para-hydroxylation sites is 4. The lowest BCUT2D eigenvalue weighted by Crippen LogP contribution is -2.21. The lowest BCUT2D eigenvalue weighted by Gasteiger charge is -2.03. The Morgan fingerprint density at radius 3 is 1.11 bits per heavy atom. The number of phenols is 2. The highest BCUT2D eigenvalue weighted by Gasteiger charge is 2.44. The Morgan fingerprint density at radius 1 is 0.566 bits per heavy atom. The predicted octanol–water partition coefficient (Wildman–Crippen LogP) is 11.7. The van der Waals surface area contributed by atoms with Crippen LogP contribution in [0.3, 0.4) is 0 Å². The molecule has 53 heavy (non-hydrogen) atoms. The van der Waals surface area contributed by atoms with Gasteiger partial charge in [0.25, 0.3) is 0 Å². The Kier molecular flexibility index (Phi) is 43.6. The van der Waals surface area contributed by atoms with E-state index in [-0.39, 0.29) is 24.7 Å². The molecule has 0 saturated heterocycles. The topological polar surface area (TPSA) is 147 Å². The molecular weight excluding hydrogens is 713 g/mol. The third kappa shape index (κ3) is 32.8. The van der Waals surface area contributed by atoms with Gasteiger partial charge in [0.2, 0.25) is 0 Å². The van der Waals surface area contributed by atoms with E-state index < -0.39 is 15.6 Å². The summed E-state index contributed by atoms with van der Waals surface area (Å²) in [6.07, 6.45) is 0. The molecule has 0 heterocycles. The Labute approximate surface area is 316 Å². The molecule has 0 saturated carbocycles. The quantitative estimate of drug-likeness (QED) is 0.105. The minimum Gasteiger partial charge on any atom is -0.508 e. The molecule has 0 atom stereocenters. The second kappa shape index (κ2) is 38.4. The Morgan fingerprint density at radius 2 is 0.887 bits per heavy atom. The first-order valence-corrected chi connectivity index (χ1v) is 17.8. The average molecular weight is 775 g/mol. The molecule has 0 unspecified atom stereocenters. The molecule has 3 N–H and O–H groups in total. The summed E-state index contributed by atoms with van der Waals surface area (Å²) in [4.78, 5) is 21.7. The molecule has 4 aromatic rings. The van der Waals surface area contributed by atoms with Gasteiger partial charge in [-0.2, -0.15) is 21.6 Å². The summed E-state index contributed by atoms with van der Waals surface area (Å²) < 4.78 is 67.4. The number of phenolic OH excluding ortho intramolecular Hbond substituents is 2. The first-order chi connectivity index (χ1) is 24.5. The molecule has 0 radical (unpaired) electrons. The van der Waals surface area contributed by atoms with Crippen LogP contribution in [0.5, 0.6) is 23.0 Å². The number of ether oxygens (including phenoxy) is 2. The van der Waals surface area contributed by atoms with Crippen molar-refractivity contribution in [3.63, 3.8) is 0 Å². The van der Waals surface area contributed by atoms with Crippen LogP contribution in [0.25, 0.3) is 0 Å². The van der Waals surface area contributed by atoms with Crippen LogP contribution in [-0.2, 0) is 10.1 Å². The maximum Gasteiger partial charge on any atom is 0.522 e. The van der Waals surface area contributed by atoms with Crippen LogP contribution in [0.15, 0.2) is 109 Å². The van der Waals surface area contributed by atoms with E-state index in [1.165, 1.54) is 19.9 Å². The summed E-state index contributed by atoms with van der Waals surface area (Å²) in [5, 5.41) is 17.7. The van der Waals surface area contributed by atoms with Gasteiger partial charge in [-0.05, 0) is 62.4 Å². The summed E-state index contributed by atoms with van der Waals surface area (Å²) in [7, 11) is -2.62. The highest BCUT2D eigenvalue weighted by molar-refractivity contribution is 7.86. The van der Waals surface area contributed by atoms with Crippen molar-refractivity contribution in [2.24, 2.45) is 0 Å². The van der Waals surface area contributed by atoms with Gasteiger partial charge in [-0.15, -0.1) is 0 Å². The van der Waals surface area contributed by atoms with Crippen molar-refractivity contribution in [2.75, 3.05) is 14.2 Å². The van der Waals surface area contributed by atoms with Crippen molar-refractivity contribution in [3.8, 4) is 23.0 Å². The van der Waals surface area contributed by atoms with Crippen LogP contribution in [0.2, 0.25) is 0 Å². The van der Waals surface area contributed by atoms with Gasteiger partial charge in [-0.3, -0.25) is 14.1 Å². The maximum absolute atomic E-state index is 10.9. The highest BCUT2D eigenvalue weighted by Crippen LogP contribution is 2.20. The molecule has 0 bridgehead atoms. The summed E-state index contributed by atoms with van der Waals surface area (Å²) in [5.74, 6) is 1.84. The van der Waals surface area contributed by atoms with Crippen LogP contribution >= 0.6 is 0 Å². The summed E-state index contributed by atoms with van der Waals surface area (Å²) in [5.41, 5.74) is -4.52. The fourth-order valence-corrected chi connectivity index (χ4v) is 2.69. The van der Waals surface area contributed by atoms with E-state index in [2.05, 4.69) is 0 Å². The standard InChI is InChI=1S/C9H10O2.C8H8O2.C7H8O.C6H6O.4C2H6.CHF3O3S.CH4/c1-7(10)8-5-3-4-6-9(8)11-2;1-6(9)7-4-2-3-5-8(7)10;1-8-7-5-3-2-4-6-7;7-6-4-2-1-3-5-6;4*1-2;2-1(3,4)8(5,6)7;/h3-6H,1-2H3;2-5,10H,1H3;2-6H,1H3;1-5,7H;4*1-2H3;(H,5,6,7);1H4. The second-order valence-electron chi connectivity index (χ2n) is 8.10. The van der Waals surface area contributed by atoms with Crippen LogP contribution in [0, 0.1) is 0 Å². The number of carbonyl (C=O) groups excluding carboxylic acids is 2. The van der Waals surface area contributed by atoms with E-state index in [0.29, 0.717) is 22.6 Å². The number of hydrogen-bond donors (Lipinski definition) is 3. The summed E-state index contributed by atoms with van der Waals surface area (Å²) in [6.45, 7) is 19.0. The van der Waals surface area contributed by atoms with Crippen LogP contribution in [0.4, 0.5) is 13.2 Å². The van der Waals surface area contributed by atoms with Crippen molar-refractivity contribution in [1.82, 2.24) is 0 Å². The van der Waals surface area contributed by atoms with Crippen molar-refractivity contribution in [2.45, 2.75) is 82.2 Å². The molecule has 13 heteroatoms. The zero-order chi connectivity index (χ0) is 41.8. The number of carbonyl (C=O) groups is 2. The van der Waals surface area contributed by atoms with E-state index in [1.807, 2.05) is 104 Å². The van der Waals surface area contributed by atoms with Gasteiger partial charge in [0, 0.05) is 0 Å². The molecule has 0 amide bonds. The predicted molar refractivity (Wildman–Crippen MR) is 212 cm³/mol. The molecule has 0 aromatic heterocycles. The number of hydrogen-bond acceptors (Lipinski definition) is 8.